The number of phenols is 1. The Hall–Kier alpha value is -3.66. The number of aromatic hydroxyl groups is 1. The van der Waals surface area contributed by atoms with Crippen molar-refractivity contribution in [3.8, 4) is 28.7 Å². The lowest BCUT2D eigenvalue weighted by molar-refractivity contribution is -0.131. The van der Waals surface area contributed by atoms with E-state index >= 15 is 0 Å². The van der Waals surface area contributed by atoms with Crippen LogP contribution in [0.25, 0.3) is 0 Å². The van der Waals surface area contributed by atoms with E-state index in [-0.39, 0.29) is 30.0 Å². The molecule has 0 bridgehead atoms. The van der Waals surface area contributed by atoms with Crippen LogP contribution in [0, 0.1) is 5.92 Å². The topological polar surface area (TPSA) is 127 Å². The second-order valence-corrected chi connectivity index (χ2v) is 9.20. The van der Waals surface area contributed by atoms with Gasteiger partial charge >= 0.3 is 0 Å². The summed E-state index contributed by atoms with van der Waals surface area (Å²) in [5.74, 6) is 1.35. The Morgan fingerprint density at radius 2 is 1.55 bits per heavy atom. The Bertz CT molecular complexity index is 1050. The Kier molecular flexibility index (Phi) is 12.0. The van der Waals surface area contributed by atoms with Crippen LogP contribution in [-0.2, 0) is 22.7 Å². The number of phenolic OH excluding ortho intramolecular Hbond substituents is 1. The quantitative estimate of drug-likeness (QED) is 0.276. The van der Waals surface area contributed by atoms with Gasteiger partial charge in [0.15, 0.2) is 11.5 Å². The van der Waals surface area contributed by atoms with Gasteiger partial charge in [0.25, 0.3) is 0 Å². The first-order valence-corrected chi connectivity index (χ1v) is 12.6. The molecule has 38 heavy (non-hydrogen) atoms. The molecule has 0 fully saturated rings. The lowest BCUT2D eigenvalue weighted by Crippen LogP contribution is -2.54. The van der Waals surface area contributed by atoms with Crippen molar-refractivity contribution >= 4 is 11.8 Å². The molecule has 0 aliphatic rings. The van der Waals surface area contributed by atoms with Crippen LogP contribution in [-0.4, -0.2) is 57.4 Å². The number of hydrogen-bond acceptors (Lipinski definition) is 8. The molecule has 2 atom stereocenters. The SMILES string of the molecule is CCCC(NCc1cc(OC)c(OC)c(OC)c1)C(=O)N[C@H](C(=O)NCc1ccc(OC)cc1O)C(C)C. The fourth-order valence-electron chi connectivity index (χ4n) is 3.99. The van der Waals surface area contributed by atoms with Crippen molar-refractivity contribution in [3.63, 3.8) is 0 Å². The fourth-order valence-corrected chi connectivity index (χ4v) is 3.99. The average molecular weight is 532 g/mol. The van der Waals surface area contributed by atoms with Gasteiger partial charge in [-0.25, -0.2) is 0 Å². The third kappa shape index (κ3) is 8.17. The van der Waals surface area contributed by atoms with Crippen LogP contribution in [0.15, 0.2) is 30.3 Å². The number of carbonyl (C=O) groups is 2. The van der Waals surface area contributed by atoms with Crippen molar-refractivity contribution in [2.75, 3.05) is 28.4 Å². The van der Waals surface area contributed by atoms with E-state index in [0.717, 1.165) is 12.0 Å². The molecule has 0 saturated heterocycles. The van der Waals surface area contributed by atoms with E-state index in [0.29, 0.717) is 41.5 Å². The zero-order chi connectivity index (χ0) is 28.2. The maximum atomic E-state index is 13.2. The standard InChI is InChI=1S/C28H41N3O7/c1-8-9-21(29-15-18-12-23(36-5)26(38-7)24(13-18)37-6)27(33)31-25(17(2)3)28(34)30-16-19-10-11-20(35-4)14-22(19)32/h10-14,17,21,25,29,32H,8-9,15-16H2,1-7H3,(H,30,34)(H,31,33)/t21?,25-/m0/s1. The summed E-state index contributed by atoms with van der Waals surface area (Å²) >= 11 is 0. The van der Waals surface area contributed by atoms with E-state index in [4.69, 9.17) is 18.9 Å². The van der Waals surface area contributed by atoms with Crippen LogP contribution >= 0.6 is 0 Å². The Balaban J connectivity index is 2.08. The van der Waals surface area contributed by atoms with Crippen molar-refractivity contribution in [3.05, 3.63) is 41.5 Å². The molecular formula is C28H41N3O7. The van der Waals surface area contributed by atoms with Gasteiger partial charge in [0, 0.05) is 24.7 Å². The van der Waals surface area contributed by atoms with Crippen molar-refractivity contribution in [2.45, 2.75) is 58.8 Å². The molecule has 2 amide bonds. The molecule has 2 aromatic rings. The number of benzene rings is 2. The van der Waals surface area contributed by atoms with Gasteiger partial charge in [0.1, 0.15) is 17.5 Å². The summed E-state index contributed by atoms with van der Waals surface area (Å²) in [5.41, 5.74) is 1.40. The smallest absolute Gasteiger partial charge is 0.243 e. The summed E-state index contributed by atoms with van der Waals surface area (Å²) in [7, 11) is 6.16. The van der Waals surface area contributed by atoms with Gasteiger partial charge in [0.05, 0.1) is 34.5 Å². The molecular weight excluding hydrogens is 490 g/mol. The van der Waals surface area contributed by atoms with Gasteiger partial charge in [-0.05, 0) is 42.2 Å². The number of ether oxygens (including phenoxy) is 4. The number of carbonyl (C=O) groups excluding carboxylic acids is 2. The third-order valence-corrected chi connectivity index (χ3v) is 6.16. The van der Waals surface area contributed by atoms with Gasteiger partial charge in [-0.3, -0.25) is 9.59 Å². The highest BCUT2D eigenvalue weighted by atomic mass is 16.5. The van der Waals surface area contributed by atoms with Gasteiger partial charge in [-0.15, -0.1) is 0 Å². The number of rotatable bonds is 15. The number of hydrogen-bond donors (Lipinski definition) is 4. The molecule has 210 valence electrons. The summed E-state index contributed by atoms with van der Waals surface area (Å²) in [6, 6.07) is 7.27. The molecule has 10 nitrogen and oxygen atoms in total. The molecule has 0 heterocycles. The van der Waals surface area contributed by atoms with Crippen LogP contribution in [0.2, 0.25) is 0 Å². The Morgan fingerprint density at radius 1 is 0.895 bits per heavy atom. The Morgan fingerprint density at radius 3 is 2.05 bits per heavy atom. The number of nitrogens with one attached hydrogen (secondary N) is 3. The van der Waals surface area contributed by atoms with E-state index in [1.54, 1.807) is 33.5 Å². The van der Waals surface area contributed by atoms with Gasteiger partial charge < -0.3 is 40.0 Å². The van der Waals surface area contributed by atoms with E-state index in [2.05, 4.69) is 16.0 Å². The molecule has 10 heteroatoms. The normalized spacial score (nSPS) is 12.4. The summed E-state index contributed by atoms with van der Waals surface area (Å²) in [6.45, 7) is 6.23. The predicted octanol–water partition coefficient (Wildman–Crippen LogP) is 3.14. The first-order valence-electron chi connectivity index (χ1n) is 12.6. The van der Waals surface area contributed by atoms with Crippen molar-refractivity contribution in [2.24, 2.45) is 5.92 Å². The van der Waals surface area contributed by atoms with E-state index < -0.39 is 12.1 Å². The van der Waals surface area contributed by atoms with E-state index in [9.17, 15) is 14.7 Å². The molecule has 4 N–H and O–H groups in total. The van der Waals surface area contributed by atoms with Gasteiger partial charge in [-0.1, -0.05) is 27.2 Å². The van der Waals surface area contributed by atoms with Crippen LogP contribution < -0.4 is 34.9 Å². The van der Waals surface area contributed by atoms with Gasteiger partial charge in [0.2, 0.25) is 17.6 Å². The maximum absolute atomic E-state index is 13.2. The largest absolute Gasteiger partial charge is 0.507 e. The number of methoxy groups -OCH3 is 4. The summed E-state index contributed by atoms with van der Waals surface area (Å²) < 4.78 is 21.3. The molecule has 0 radical (unpaired) electrons. The highest BCUT2D eigenvalue weighted by molar-refractivity contribution is 5.90. The highest BCUT2D eigenvalue weighted by Gasteiger charge is 2.27. The van der Waals surface area contributed by atoms with Crippen LogP contribution in [0.5, 0.6) is 28.7 Å². The van der Waals surface area contributed by atoms with E-state index in [1.165, 1.54) is 13.2 Å². The molecule has 0 saturated carbocycles. The van der Waals surface area contributed by atoms with Crippen LogP contribution in [0.1, 0.15) is 44.7 Å². The van der Waals surface area contributed by atoms with Crippen molar-refractivity contribution in [1.82, 2.24) is 16.0 Å². The lowest BCUT2D eigenvalue weighted by Gasteiger charge is -2.25. The average Bonchev–Trinajstić information content (AvgIpc) is 2.91. The zero-order valence-corrected chi connectivity index (χ0v) is 23.3. The second kappa shape index (κ2) is 14.9. The third-order valence-electron chi connectivity index (χ3n) is 6.16. The molecule has 0 spiro atoms. The molecule has 2 aromatic carbocycles. The molecule has 1 unspecified atom stereocenters. The highest BCUT2D eigenvalue weighted by Crippen LogP contribution is 2.38. The monoisotopic (exact) mass is 531 g/mol. The lowest BCUT2D eigenvalue weighted by atomic mass is 10.0. The second-order valence-electron chi connectivity index (χ2n) is 9.20. The minimum atomic E-state index is -0.745. The summed E-state index contributed by atoms with van der Waals surface area (Å²) in [6.07, 6.45) is 1.36. The van der Waals surface area contributed by atoms with Crippen LogP contribution in [0.3, 0.4) is 0 Å². The first kappa shape index (κ1) is 30.6. The maximum Gasteiger partial charge on any atom is 0.243 e. The molecule has 0 aliphatic carbocycles. The zero-order valence-electron chi connectivity index (χ0n) is 23.3. The molecule has 2 rings (SSSR count). The van der Waals surface area contributed by atoms with Crippen molar-refractivity contribution in [1.29, 1.82) is 0 Å². The van der Waals surface area contributed by atoms with Crippen LogP contribution in [0.4, 0.5) is 0 Å². The summed E-state index contributed by atoms with van der Waals surface area (Å²) in [5, 5.41) is 19.2. The van der Waals surface area contributed by atoms with Crippen molar-refractivity contribution < 1.29 is 33.6 Å². The van der Waals surface area contributed by atoms with E-state index in [1.807, 2.05) is 32.9 Å². The predicted molar refractivity (Wildman–Crippen MR) is 145 cm³/mol. The molecule has 0 aliphatic heterocycles. The first-order chi connectivity index (χ1) is 18.2. The fraction of sp³-hybridized carbons (Fsp3) is 0.500. The Labute approximate surface area is 225 Å². The molecule has 0 aromatic heterocycles. The number of amides is 2. The minimum absolute atomic E-state index is 0.0220. The summed E-state index contributed by atoms with van der Waals surface area (Å²) in [4.78, 5) is 26.2. The minimum Gasteiger partial charge on any atom is -0.507 e. The van der Waals surface area contributed by atoms with Gasteiger partial charge in [-0.2, -0.15) is 0 Å².